The lowest BCUT2D eigenvalue weighted by molar-refractivity contribution is 0.723. The highest BCUT2D eigenvalue weighted by atomic mass is 15.3. The summed E-state index contributed by atoms with van der Waals surface area (Å²) in [5.74, 6) is 0. The van der Waals surface area contributed by atoms with Crippen molar-refractivity contribution in [1.29, 1.82) is 0 Å². The fraction of sp³-hybridized carbons (Fsp3) is 0.400. The minimum Gasteiger partial charge on any atom is -0.313 e. The normalized spacial score (nSPS) is 10.9. The van der Waals surface area contributed by atoms with Crippen molar-refractivity contribution in [3.8, 4) is 5.69 Å². The Bertz CT molecular complexity index is 520. The summed E-state index contributed by atoms with van der Waals surface area (Å²) >= 11 is 0. The zero-order chi connectivity index (χ0) is 13.1. The standard InChI is InChI=1S/C15H21N3/c1-5-16-9-14-10-18(17-13(14)4)15-7-11(2)6-12(3)8-15/h6-8,10,16H,5,9H2,1-4H3. The topological polar surface area (TPSA) is 29.9 Å². The van der Waals surface area contributed by atoms with Gasteiger partial charge in [0.2, 0.25) is 0 Å². The Balaban J connectivity index is 2.33. The SMILES string of the molecule is CCNCc1cn(-c2cc(C)cc(C)c2)nc1C. The van der Waals surface area contributed by atoms with Crippen LogP contribution in [0.25, 0.3) is 5.69 Å². The number of nitrogens with zero attached hydrogens (tertiary/aromatic N) is 2. The molecule has 2 aromatic rings. The molecule has 0 unspecified atom stereocenters. The zero-order valence-electron chi connectivity index (χ0n) is 11.6. The fourth-order valence-corrected chi connectivity index (χ4v) is 2.14. The Morgan fingerprint density at radius 2 is 1.78 bits per heavy atom. The van der Waals surface area contributed by atoms with Crippen LogP contribution < -0.4 is 5.32 Å². The van der Waals surface area contributed by atoms with Crippen LogP contribution in [0.15, 0.2) is 24.4 Å². The summed E-state index contributed by atoms with van der Waals surface area (Å²) < 4.78 is 1.97. The molecule has 1 aromatic heterocycles. The van der Waals surface area contributed by atoms with E-state index in [2.05, 4.69) is 62.5 Å². The summed E-state index contributed by atoms with van der Waals surface area (Å²) in [6, 6.07) is 6.51. The molecule has 0 atom stereocenters. The quantitative estimate of drug-likeness (QED) is 0.895. The van der Waals surface area contributed by atoms with E-state index >= 15 is 0 Å². The van der Waals surface area contributed by atoms with Crippen LogP contribution in [0.3, 0.4) is 0 Å². The highest BCUT2D eigenvalue weighted by Gasteiger charge is 2.06. The van der Waals surface area contributed by atoms with Gasteiger partial charge in [0.05, 0.1) is 11.4 Å². The van der Waals surface area contributed by atoms with Crippen molar-refractivity contribution in [3.05, 3.63) is 46.8 Å². The number of hydrogen-bond donors (Lipinski definition) is 1. The van der Waals surface area contributed by atoms with Gasteiger partial charge in [0.15, 0.2) is 0 Å². The first kappa shape index (κ1) is 12.8. The molecule has 3 heteroatoms. The number of hydrogen-bond acceptors (Lipinski definition) is 2. The second kappa shape index (κ2) is 5.36. The second-order valence-electron chi connectivity index (χ2n) is 4.81. The van der Waals surface area contributed by atoms with E-state index < -0.39 is 0 Å². The van der Waals surface area contributed by atoms with Gasteiger partial charge in [0, 0.05) is 18.3 Å². The van der Waals surface area contributed by atoms with E-state index in [1.807, 2.05) is 4.68 Å². The third-order valence-corrected chi connectivity index (χ3v) is 3.04. The van der Waals surface area contributed by atoms with Crippen LogP contribution in [-0.2, 0) is 6.54 Å². The molecule has 1 heterocycles. The molecule has 1 N–H and O–H groups in total. The van der Waals surface area contributed by atoms with Crippen LogP contribution in [0.4, 0.5) is 0 Å². The number of rotatable bonds is 4. The van der Waals surface area contributed by atoms with E-state index in [4.69, 9.17) is 0 Å². The van der Waals surface area contributed by atoms with Crippen molar-refractivity contribution in [2.45, 2.75) is 34.2 Å². The molecule has 18 heavy (non-hydrogen) atoms. The molecular weight excluding hydrogens is 222 g/mol. The Hall–Kier alpha value is -1.61. The van der Waals surface area contributed by atoms with Crippen molar-refractivity contribution < 1.29 is 0 Å². The van der Waals surface area contributed by atoms with Crippen molar-refractivity contribution in [1.82, 2.24) is 15.1 Å². The minimum atomic E-state index is 0.882. The highest BCUT2D eigenvalue weighted by Crippen LogP contribution is 2.15. The summed E-state index contributed by atoms with van der Waals surface area (Å²) in [6.45, 7) is 10.3. The third-order valence-electron chi connectivity index (χ3n) is 3.04. The summed E-state index contributed by atoms with van der Waals surface area (Å²) in [7, 11) is 0. The molecule has 0 fully saturated rings. The largest absolute Gasteiger partial charge is 0.313 e. The maximum absolute atomic E-state index is 4.59. The van der Waals surface area contributed by atoms with Gasteiger partial charge in [0.25, 0.3) is 0 Å². The van der Waals surface area contributed by atoms with Gasteiger partial charge < -0.3 is 5.32 Å². The Kier molecular flexibility index (Phi) is 3.82. The lowest BCUT2D eigenvalue weighted by Gasteiger charge is -2.04. The Labute approximate surface area is 109 Å². The van der Waals surface area contributed by atoms with Gasteiger partial charge in [0.1, 0.15) is 0 Å². The lowest BCUT2D eigenvalue weighted by atomic mass is 10.1. The van der Waals surface area contributed by atoms with E-state index in [-0.39, 0.29) is 0 Å². The first-order valence-corrected chi connectivity index (χ1v) is 6.44. The van der Waals surface area contributed by atoms with Crippen LogP contribution in [0.2, 0.25) is 0 Å². The molecule has 2 rings (SSSR count). The van der Waals surface area contributed by atoms with Gasteiger partial charge in [-0.05, 0) is 50.6 Å². The second-order valence-corrected chi connectivity index (χ2v) is 4.81. The van der Waals surface area contributed by atoms with Gasteiger partial charge in [-0.15, -0.1) is 0 Å². The van der Waals surface area contributed by atoms with E-state index in [9.17, 15) is 0 Å². The molecule has 3 nitrogen and oxygen atoms in total. The van der Waals surface area contributed by atoms with E-state index in [0.29, 0.717) is 0 Å². The zero-order valence-corrected chi connectivity index (χ0v) is 11.6. The van der Waals surface area contributed by atoms with Crippen LogP contribution in [-0.4, -0.2) is 16.3 Å². The molecule has 96 valence electrons. The van der Waals surface area contributed by atoms with Crippen LogP contribution in [0.1, 0.15) is 29.3 Å². The van der Waals surface area contributed by atoms with E-state index in [1.165, 1.54) is 16.7 Å². The Morgan fingerprint density at radius 1 is 1.11 bits per heavy atom. The predicted molar refractivity (Wildman–Crippen MR) is 75.2 cm³/mol. The average Bonchev–Trinajstić information content (AvgIpc) is 2.67. The lowest BCUT2D eigenvalue weighted by Crippen LogP contribution is -2.11. The van der Waals surface area contributed by atoms with Crippen LogP contribution in [0.5, 0.6) is 0 Å². The van der Waals surface area contributed by atoms with Crippen molar-refractivity contribution in [3.63, 3.8) is 0 Å². The molecule has 1 aromatic carbocycles. The number of aryl methyl sites for hydroxylation is 3. The molecular formula is C15H21N3. The predicted octanol–water partition coefficient (Wildman–Crippen LogP) is 2.91. The first-order chi connectivity index (χ1) is 8.60. The summed E-state index contributed by atoms with van der Waals surface area (Å²) in [6.07, 6.45) is 2.12. The van der Waals surface area contributed by atoms with Crippen molar-refractivity contribution in [2.75, 3.05) is 6.54 Å². The monoisotopic (exact) mass is 243 g/mol. The fourth-order valence-electron chi connectivity index (χ4n) is 2.14. The van der Waals surface area contributed by atoms with Gasteiger partial charge in [-0.3, -0.25) is 0 Å². The maximum Gasteiger partial charge on any atom is 0.0651 e. The molecule has 0 saturated carbocycles. The molecule has 0 aliphatic heterocycles. The number of benzene rings is 1. The summed E-state index contributed by atoms with van der Waals surface area (Å²) in [5.41, 5.74) is 6.03. The number of aromatic nitrogens is 2. The van der Waals surface area contributed by atoms with Crippen LogP contribution in [0, 0.1) is 20.8 Å². The molecule has 0 radical (unpaired) electrons. The first-order valence-electron chi connectivity index (χ1n) is 6.44. The van der Waals surface area contributed by atoms with Crippen LogP contribution >= 0.6 is 0 Å². The molecule has 0 saturated heterocycles. The minimum absolute atomic E-state index is 0.882. The molecule has 0 aliphatic carbocycles. The van der Waals surface area contributed by atoms with Gasteiger partial charge >= 0.3 is 0 Å². The van der Waals surface area contributed by atoms with Crippen molar-refractivity contribution >= 4 is 0 Å². The Morgan fingerprint density at radius 3 is 2.39 bits per heavy atom. The number of nitrogens with one attached hydrogen (secondary N) is 1. The van der Waals surface area contributed by atoms with Gasteiger partial charge in [-0.2, -0.15) is 5.10 Å². The molecule has 0 aliphatic rings. The molecule has 0 bridgehead atoms. The summed E-state index contributed by atoms with van der Waals surface area (Å²) in [5, 5.41) is 7.93. The van der Waals surface area contributed by atoms with Gasteiger partial charge in [-0.1, -0.05) is 13.0 Å². The molecule has 0 amide bonds. The average molecular weight is 243 g/mol. The smallest absolute Gasteiger partial charge is 0.0651 e. The van der Waals surface area contributed by atoms with Gasteiger partial charge in [-0.25, -0.2) is 4.68 Å². The molecule has 0 spiro atoms. The maximum atomic E-state index is 4.59. The van der Waals surface area contributed by atoms with Crippen molar-refractivity contribution in [2.24, 2.45) is 0 Å². The summed E-state index contributed by atoms with van der Waals surface area (Å²) in [4.78, 5) is 0. The van der Waals surface area contributed by atoms with E-state index in [0.717, 1.165) is 24.5 Å². The van der Waals surface area contributed by atoms with E-state index in [1.54, 1.807) is 0 Å². The highest BCUT2D eigenvalue weighted by molar-refractivity contribution is 5.39. The third kappa shape index (κ3) is 2.79.